The second-order valence-corrected chi connectivity index (χ2v) is 7.28. The summed E-state index contributed by atoms with van der Waals surface area (Å²) in [4.78, 5) is 18.1. The van der Waals surface area contributed by atoms with Gasteiger partial charge in [0.15, 0.2) is 0 Å². The Morgan fingerprint density at radius 3 is 2.52 bits per heavy atom. The van der Waals surface area contributed by atoms with E-state index in [2.05, 4.69) is 29.2 Å². The number of anilines is 1. The van der Waals surface area contributed by atoms with Gasteiger partial charge in [-0.2, -0.15) is 0 Å². The van der Waals surface area contributed by atoms with Gasteiger partial charge in [0.1, 0.15) is 0 Å². The number of carbonyl (C=O) groups is 1. The summed E-state index contributed by atoms with van der Waals surface area (Å²) in [6.45, 7) is 1.59. The molecule has 0 fully saturated rings. The zero-order chi connectivity index (χ0) is 16.2. The minimum Gasteiger partial charge on any atom is -0.310 e. The van der Waals surface area contributed by atoms with Crippen molar-refractivity contribution in [3.63, 3.8) is 0 Å². The van der Waals surface area contributed by atoms with Crippen molar-refractivity contribution in [2.75, 3.05) is 32.1 Å². The van der Waals surface area contributed by atoms with Crippen LogP contribution in [0.2, 0.25) is 0 Å². The van der Waals surface area contributed by atoms with Gasteiger partial charge in [-0.05, 0) is 31.8 Å². The number of fused-ring (bicyclic) bond motifs is 1. The molecule has 3 rings (SSSR count). The molecule has 0 saturated heterocycles. The molecule has 2 aromatic carbocycles. The first kappa shape index (κ1) is 16.1. The van der Waals surface area contributed by atoms with E-state index in [-0.39, 0.29) is 11.2 Å². The predicted octanol–water partition coefficient (Wildman–Crippen LogP) is 3.82. The smallest absolute Gasteiger partial charge is 0.228 e. The SMILES string of the molecule is CN(C)CCN1C(=O)C[C@@H](c2ccccc2)Sc2ccccc21. The lowest BCUT2D eigenvalue weighted by atomic mass is 10.1. The Hall–Kier alpha value is -1.78. The molecule has 1 amide bonds. The summed E-state index contributed by atoms with van der Waals surface area (Å²) in [6.07, 6.45) is 0.538. The number of carbonyl (C=O) groups excluding carboxylic acids is 1. The molecular weight excluding hydrogens is 304 g/mol. The lowest BCUT2D eigenvalue weighted by Crippen LogP contribution is -2.36. The molecular formula is C19H22N2OS. The van der Waals surface area contributed by atoms with Crippen LogP contribution in [0.3, 0.4) is 0 Å². The Bertz CT molecular complexity index is 672. The first-order chi connectivity index (χ1) is 11.1. The zero-order valence-electron chi connectivity index (χ0n) is 13.6. The van der Waals surface area contributed by atoms with Gasteiger partial charge in [0.2, 0.25) is 5.91 Å². The lowest BCUT2D eigenvalue weighted by Gasteiger charge is -2.24. The molecule has 3 nitrogen and oxygen atoms in total. The second-order valence-electron chi connectivity index (χ2n) is 6.04. The van der Waals surface area contributed by atoms with Crippen LogP contribution < -0.4 is 4.90 Å². The van der Waals surface area contributed by atoms with Crippen LogP contribution in [0.1, 0.15) is 17.2 Å². The Morgan fingerprint density at radius 2 is 1.78 bits per heavy atom. The fourth-order valence-electron chi connectivity index (χ4n) is 2.78. The van der Waals surface area contributed by atoms with E-state index in [9.17, 15) is 4.79 Å². The highest BCUT2D eigenvalue weighted by Gasteiger charge is 2.28. The highest BCUT2D eigenvalue weighted by molar-refractivity contribution is 7.99. The second kappa shape index (κ2) is 7.20. The van der Waals surface area contributed by atoms with Crippen molar-refractivity contribution >= 4 is 23.4 Å². The van der Waals surface area contributed by atoms with E-state index >= 15 is 0 Å². The van der Waals surface area contributed by atoms with Gasteiger partial charge >= 0.3 is 0 Å². The number of benzene rings is 2. The molecule has 23 heavy (non-hydrogen) atoms. The van der Waals surface area contributed by atoms with Gasteiger partial charge in [0.25, 0.3) is 0 Å². The van der Waals surface area contributed by atoms with E-state index in [1.54, 1.807) is 11.8 Å². The molecule has 0 saturated carbocycles. The first-order valence-electron chi connectivity index (χ1n) is 7.91. The molecule has 1 atom stereocenters. The molecule has 0 N–H and O–H groups in total. The Balaban J connectivity index is 1.93. The van der Waals surface area contributed by atoms with Gasteiger partial charge in [-0.3, -0.25) is 4.79 Å². The highest BCUT2D eigenvalue weighted by Crippen LogP contribution is 2.45. The number of rotatable bonds is 4. The molecule has 0 bridgehead atoms. The van der Waals surface area contributed by atoms with Gasteiger partial charge in [0.05, 0.1) is 5.69 Å². The molecule has 1 aliphatic rings. The summed E-state index contributed by atoms with van der Waals surface area (Å²) >= 11 is 1.80. The number of para-hydroxylation sites is 1. The third-order valence-electron chi connectivity index (χ3n) is 4.03. The number of nitrogens with zero attached hydrogens (tertiary/aromatic N) is 2. The van der Waals surface area contributed by atoms with Crippen LogP contribution in [0, 0.1) is 0 Å². The van der Waals surface area contributed by atoms with Crippen LogP contribution in [0.4, 0.5) is 5.69 Å². The van der Waals surface area contributed by atoms with Crippen LogP contribution in [0.5, 0.6) is 0 Å². The lowest BCUT2D eigenvalue weighted by molar-refractivity contribution is -0.118. The average Bonchev–Trinajstić information content (AvgIpc) is 2.70. The predicted molar refractivity (Wildman–Crippen MR) is 97.0 cm³/mol. The molecule has 0 radical (unpaired) electrons. The Morgan fingerprint density at radius 1 is 1.09 bits per heavy atom. The molecule has 2 aromatic rings. The molecule has 1 heterocycles. The molecule has 4 heteroatoms. The maximum absolute atomic E-state index is 12.9. The van der Waals surface area contributed by atoms with Crippen molar-refractivity contribution in [3.8, 4) is 0 Å². The number of hydrogen-bond donors (Lipinski definition) is 0. The monoisotopic (exact) mass is 326 g/mol. The van der Waals surface area contributed by atoms with Gasteiger partial charge in [-0.1, -0.05) is 42.5 Å². The number of thioether (sulfide) groups is 1. The van der Waals surface area contributed by atoms with Crippen LogP contribution in [-0.2, 0) is 4.79 Å². The van der Waals surface area contributed by atoms with E-state index in [1.807, 2.05) is 49.3 Å². The van der Waals surface area contributed by atoms with Gasteiger partial charge in [-0.25, -0.2) is 0 Å². The molecule has 1 aliphatic heterocycles. The van der Waals surface area contributed by atoms with Crippen molar-refractivity contribution < 1.29 is 4.79 Å². The summed E-state index contributed by atoms with van der Waals surface area (Å²) in [5, 5.41) is 0.175. The molecule has 0 aromatic heterocycles. The van der Waals surface area contributed by atoms with Crippen molar-refractivity contribution in [2.45, 2.75) is 16.6 Å². The first-order valence-corrected chi connectivity index (χ1v) is 8.79. The summed E-state index contributed by atoms with van der Waals surface area (Å²) in [5.74, 6) is 0.207. The number of likely N-dealkylation sites (N-methyl/N-ethyl adjacent to an activating group) is 1. The van der Waals surface area contributed by atoms with Gasteiger partial charge < -0.3 is 9.80 Å². The molecule has 0 spiro atoms. The minimum absolute atomic E-state index is 0.175. The summed E-state index contributed by atoms with van der Waals surface area (Å²) < 4.78 is 0. The Kier molecular flexibility index (Phi) is 5.03. The fraction of sp³-hybridized carbons (Fsp3) is 0.316. The molecule has 120 valence electrons. The summed E-state index contributed by atoms with van der Waals surface area (Å²) in [7, 11) is 4.07. The average molecular weight is 326 g/mol. The minimum atomic E-state index is 0.175. The van der Waals surface area contributed by atoms with Gasteiger partial charge in [0, 0.05) is 29.7 Å². The number of amides is 1. The van der Waals surface area contributed by atoms with Crippen LogP contribution in [0.25, 0.3) is 0 Å². The van der Waals surface area contributed by atoms with Crippen LogP contribution in [0.15, 0.2) is 59.5 Å². The van der Waals surface area contributed by atoms with Crippen molar-refractivity contribution in [1.82, 2.24) is 4.90 Å². The quantitative estimate of drug-likeness (QED) is 0.853. The largest absolute Gasteiger partial charge is 0.310 e. The maximum atomic E-state index is 12.9. The standard InChI is InChI=1S/C19H22N2OS/c1-20(2)12-13-21-16-10-6-7-11-17(16)23-18(14-19(21)22)15-8-4-3-5-9-15/h3-11,18H,12-14H2,1-2H3/t18-/m0/s1. The van der Waals surface area contributed by atoms with Gasteiger partial charge in [-0.15, -0.1) is 11.8 Å². The maximum Gasteiger partial charge on any atom is 0.228 e. The third kappa shape index (κ3) is 3.77. The molecule has 0 aliphatic carbocycles. The topological polar surface area (TPSA) is 23.6 Å². The van der Waals surface area contributed by atoms with Crippen LogP contribution >= 0.6 is 11.8 Å². The fourth-order valence-corrected chi connectivity index (χ4v) is 4.06. The summed E-state index contributed by atoms with van der Waals surface area (Å²) in [5.41, 5.74) is 2.26. The van der Waals surface area contributed by atoms with E-state index in [0.717, 1.165) is 18.8 Å². The van der Waals surface area contributed by atoms with E-state index in [4.69, 9.17) is 0 Å². The normalized spacial score (nSPS) is 18.0. The van der Waals surface area contributed by atoms with Crippen LogP contribution in [-0.4, -0.2) is 38.0 Å². The van der Waals surface area contributed by atoms with Crippen molar-refractivity contribution in [2.24, 2.45) is 0 Å². The Labute approximate surface area is 142 Å². The molecule has 0 unspecified atom stereocenters. The van der Waals surface area contributed by atoms with E-state index in [1.165, 1.54) is 10.5 Å². The van der Waals surface area contributed by atoms with E-state index < -0.39 is 0 Å². The number of hydrogen-bond acceptors (Lipinski definition) is 3. The third-order valence-corrected chi connectivity index (χ3v) is 5.35. The van der Waals surface area contributed by atoms with Crippen molar-refractivity contribution in [1.29, 1.82) is 0 Å². The zero-order valence-corrected chi connectivity index (χ0v) is 14.4. The highest BCUT2D eigenvalue weighted by atomic mass is 32.2. The summed E-state index contributed by atoms with van der Waals surface area (Å²) in [6, 6.07) is 18.6. The van der Waals surface area contributed by atoms with E-state index in [0.29, 0.717) is 6.42 Å². The van der Waals surface area contributed by atoms with Crippen molar-refractivity contribution in [3.05, 3.63) is 60.2 Å².